The Balaban J connectivity index is 2.05. The highest BCUT2D eigenvalue weighted by Crippen LogP contribution is 2.40. The van der Waals surface area contributed by atoms with Crippen LogP contribution in [0.3, 0.4) is 0 Å². The van der Waals surface area contributed by atoms with E-state index in [2.05, 4.69) is 39.8 Å². The first-order chi connectivity index (χ1) is 19.8. The summed E-state index contributed by atoms with van der Waals surface area (Å²) in [4.78, 5) is 0. The minimum absolute atomic E-state index is 0.267. The van der Waals surface area contributed by atoms with E-state index in [9.17, 15) is 9.50 Å². The highest BCUT2D eigenvalue weighted by molar-refractivity contribution is 6.33. The molecule has 1 N–H and O–H groups in total. The third-order valence-corrected chi connectivity index (χ3v) is 7.79. The number of aliphatic hydroxyl groups excluding tert-OH is 1. The van der Waals surface area contributed by atoms with Crippen LogP contribution < -0.4 is 4.74 Å². The number of aliphatic hydroxyl groups is 1. The first-order valence-corrected chi connectivity index (χ1v) is 15.2. The predicted molar refractivity (Wildman–Crippen MR) is 177 cm³/mol. The topological polar surface area (TPSA) is 38.7 Å². The molecule has 5 heteroatoms. The van der Waals surface area contributed by atoms with Crippen LogP contribution in [0.2, 0.25) is 5.02 Å². The lowest BCUT2D eigenvalue weighted by Crippen LogP contribution is -2.29. The summed E-state index contributed by atoms with van der Waals surface area (Å²) < 4.78 is 26.0. The van der Waals surface area contributed by atoms with Crippen LogP contribution in [0.25, 0.3) is 21.9 Å². The van der Waals surface area contributed by atoms with Crippen molar-refractivity contribution in [3.8, 4) is 5.75 Å². The maximum absolute atomic E-state index is 13.8. The number of ether oxygens (including phenoxy) is 2. The molecule has 3 nitrogen and oxygen atoms in total. The van der Waals surface area contributed by atoms with E-state index in [-0.39, 0.29) is 5.82 Å². The molecule has 0 amide bonds. The first-order valence-electron chi connectivity index (χ1n) is 14.8. The second-order valence-corrected chi connectivity index (χ2v) is 12.4. The standard InChI is InChI=1S/C37H46ClFO3/c1-10-24(5)34(23(3)4)35-25(6)29(19-20-32(35)38)31(28(11-2)36(40)42-37(7,8)9)15-13-21-41-33-16-12-14-26-22-27(39)17-18-30(26)33/h10,12,14,16-20,22,36,40H,11,13,15,21H2,1-9H3/b24-10-,31-28+. The Morgan fingerprint density at radius 3 is 2.40 bits per heavy atom. The van der Waals surface area contributed by atoms with Crippen LogP contribution in [0.4, 0.5) is 4.39 Å². The highest BCUT2D eigenvalue weighted by Gasteiger charge is 2.25. The van der Waals surface area contributed by atoms with E-state index in [1.165, 1.54) is 17.7 Å². The first kappa shape index (κ1) is 33.6. The molecule has 0 heterocycles. The fourth-order valence-electron chi connectivity index (χ4n) is 5.49. The van der Waals surface area contributed by atoms with Gasteiger partial charge in [-0.3, -0.25) is 0 Å². The summed E-state index contributed by atoms with van der Waals surface area (Å²) in [5, 5.41) is 13.7. The monoisotopic (exact) mass is 592 g/mol. The van der Waals surface area contributed by atoms with Crippen molar-refractivity contribution in [2.45, 2.75) is 93.5 Å². The van der Waals surface area contributed by atoms with Gasteiger partial charge in [0.15, 0.2) is 6.29 Å². The van der Waals surface area contributed by atoms with E-state index < -0.39 is 11.9 Å². The molecule has 3 aromatic rings. The van der Waals surface area contributed by atoms with E-state index in [1.54, 1.807) is 6.07 Å². The Hall–Kier alpha value is -2.92. The highest BCUT2D eigenvalue weighted by atomic mass is 35.5. The van der Waals surface area contributed by atoms with Gasteiger partial charge in [-0.2, -0.15) is 0 Å². The van der Waals surface area contributed by atoms with Gasteiger partial charge in [0.2, 0.25) is 0 Å². The fourth-order valence-corrected chi connectivity index (χ4v) is 5.79. The molecule has 0 spiro atoms. The van der Waals surface area contributed by atoms with Crippen molar-refractivity contribution in [1.82, 2.24) is 0 Å². The number of benzene rings is 3. The van der Waals surface area contributed by atoms with Crippen LogP contribution >= 0.6 is 11.6 Å². The Kier molecular flexibility index (Phi) is 11.6. The second-order valence-electron chi connectivity index (χ2n) is 12.0. The summed E-state index contributed by atoms with van der Waals surface area (Å²) >= 11 is 6.87. The number of rotatable bonds is 11. The van der Waals surface area contributed by atoms with Gasteiger partial charge >= 0.3 is 0 Å². The predicted octanol–water partition coefficient (Wildman–Crippen LogP) is 10.9. The molecule has 226 valence electrons. The third-order valence-electron chi connectivity index (χ3n) is 7.48. The van der Waals surface area contributed by atoms with E-state index in [0.717, 1.165) is 55.5 Å². The van der Waals surface area contributed by atoms with Crippen molar-refractivity contribution in [3.05, 3.63) is 98.9 Å². The van der Waals surface area contributed by atoms with Gasteiger partial charge in [0.05, 0.1) is 12.2 Å². The lowest BCUT2D eigenvalue weighted by Gasteiger charge is -2.28. The molecule has 3 rings (SSSR count). The summed E-state index contributed by atoms with van der Waals surface area (Å²) in [6.45, 7) is 18.8. The molecule has 0 fully saturated rings. The summed E-state index contributed by atoms with van der Waals surface area (Å²) in [6, 6.07) is 14.4. The van der Waals surface area contributed by atoms with Gasteiger partial charge in [-0.1, -0.05) is 48.4 Å². The van der Waals surface area contributed by atoms with E-state index in [1.807, 2.05) is 58.9 Å². The molecular weight excluding hydrogens is 547 g/mol. The molecule has 42 heavy (non-hydrogen) atoms. The van der Waals surface area contributed by atoms with Gasteiger partial charge in [0.1, 0.15) is 11.6 Å². The fraction of sp³-hybridized carbons (Fsp3) is 0.405. The van der Waals surface area contributed by atoms with Crippen molar-refractivity contribution in [3.63, 3.8) is 0 Å². The minimum Gasteiger partial charge on any atom is -0.493 e. The van der Waals surface area contributed by atoms with Gasteiger partial charge in [-0.25, -0.2) is 4.39 Å². The number of allylic oxidation sites excluding steroid dienone is 5. The number of hydrogen-bond donors (Lipinski definition) is 1. The van der Waals surface area contributed by atoms with Crippen molar-refractivity contribution < 1.29 is 19.0 Å². The van der Waals surface area contributed by atoms with Gasteiger partial charge in [0.25, 0.3) is 0 Å². The molecule has 0 aromatic heterocycles. The van der Waals surface area contributed by atoms with Crippen LogP contribution in [0.15, 0.2) is 71.3 Å². The van der Waals surface area contributed by atoms with Crippen LogP contribution in [-0.4, -0.2) is 23.6 Å². The van der Waals surface area contributed by atoms with Crippen LogP contribution in [0.5, 0.6) is 5.75 Å². The van der Waals surface area contributed by atoms with Crippen LogP contribution in [0, 0.1) is 12.7 Å². The summed E-state index contributed by atoms with van der Waals surface area (Å²) in [5.74, 6) is 0.459. The van der Waals surface area contributed by atoms with Crippen LogP contribution in [0.1, 0.15) is 91.3 Å². The van der Waals surface area contributed by atoms with Crippen molar-refractivity contribution in [2.75, 3.05) is 6.61 Å². The Labute approximate surface area is 256 Å². The third kappa shape index (κ3) is 8.12. The lowest BCUT2D eigenvalue weighted by atomic mass is 9.84. The van der Waals surface area contributed by atoms with E-state index in [0.29, 0.717) is 30.9 Å². The van der Waals surface area contributed by atoms with Crippen molar-refractivity contribution in [2.24, 2.45) is 0 Å². The molecule has 1 atom stereocenters. The lowest BCUT2D eigenvalue weighted by molar-refractivity contribution is -0.144. The number of halogens is 2. The van der Waals surface area contributed by atoms with Crippen molar-refractivity contribution >= 4 is 33.5 Å². The van der Waals surface area contributed by atoms with Crippen LogP contribution in [-0.2, 0) is 4.74 Å². The normalized spacial score (nSPS) is 13.7. The van der Waals surface area contributed by atoms with Gasteiger partial charge < -0.3 is 14.6 Å². The summed E-state index contributed by atoms with van der Waals surface area (Å²) in [7, 11) is 0. The molecular formula is C37H46ClFO3. The molecule has 0 bridgehead atoms. The molecule has 0 saturated heterocycles. The largest absolute Gasteiger partial charge is 0.493 e. The summed E-state index contributed by atoms with van der Waals surface area (Å²) in [6.07, 6.45) is 3.07. The van der Waals surface area contributed by atoms with E-state index in [4.69, 9.17) is 21.1 Å². The maximum Gasteiger partial charge on any atom is 0.178 e. The molecule has 0 radical (unpaired) electrons. The zero-order valence-corrected chi connectivity index (χ0v) is 27.4. The molecule has 0 aliphatic heterocycles. The SMILES string of the molecule is C/C=C(/C)C(=C(C)C)c1c(Cl)ccc(/C(CCCOc2cccc3cc(F)ccc23)=C(\CC)C(O)OC(C)(C)C)c1C. The Bertz CT molecular complexity index is 1500. The average molecular weight is 593 g/mol. The number of hydrogen-bond acceptors (Lipinski definition) is 3. The van der Waals surface area contributed by atoms with Gasteiger partial charge in [-0.15, -0.1) is 0 Å². The quantitative estimate of drug-likeness (QED) is 0.137. The van der Waals surface area contributed by atoms with Crippen molar-refractivity contribution in [1.29, 1.82) is 0 Å². The molecule has 0 aliphatic carbocycles. The van der Waals surface area contributed by atoms with Gasteiger partial charge in [-0.05, 0) is 144 Å². The maximum atomic E-state index is 13.8. The summed E-state index contributed by atoms with van der Waals surface area (Å²) in [5.41, 5.74) is 8.01. The Morgan fingerprint density at radius 2 is 1.79 bits per heavy atom. The average Bonchev–Trinajstić information content (AvgIpc) is 2.91. The minimum atomic E-state index is -1.04. The number of fused-ring (bicyclic) bond motifs is 1. The van der Waals surface area contributed by atoms with Gasteiger partial charge in [0, 0.05) is 16.0 Å². The zero-order valence-electron chi connectivity index (χ0n) is 26.6. The molecule has 0 aliphatic rings. The Morgan fingerprint density at radius 1 is 1.07 bits per heavy atom. The zero-order chi connectivity index (χ0) is 31.2. The molecule has 0 saturated carbocycles. The second kappa shape index (κ2) is 14.5. The molecule has 3 aromatic carbocycles. The smallest absolute Gasteiger partial charge is 0.178 e. The molecule has 1 unspecified atom stereocenters. The van der Waals surface area contributed by atoms with E-state index >= 15 is 0 Å².